The van der Waals surface area contributed by atoms with Gasteiger partial charge in [-0.15, -0.1) is 0 Å². The van der Waals surface area contributed by atoms with Crippen molar-refractivity contribution in [3.8, 4) is 0 Å². The molecule has 3 N–H and O–H groups in total. The van der Waals surface area contributed by atoms with Gasteiger partial charge >= 0.3 is 0 Å². The van der Waals surface area contributed by atoms with Gasteiger partial charge in [0.25, 0.3) is 0 Å². The molecule has 21 heavy (non-hydrogen) atoms. The van der Waals surface area contributed by atoms with E-state index in [0.29, 0.717) is 6.54 Å². The van der Waals surface area contributed by atoms with Gasteiger partial charge in [0, 0.05) is 23.3 Å². The average Bonchev–Trinajstić information content (AvgIpc) is 2.53. The van der Waals surface area contributed by atoms with E-state index in [1.54, 1.807) is 0 Å². The molecule has 0 spiro atoms. The number of pyridine rings is 1. The summed E-state index contributed by atoms with van der Waals surface area (Å²) in [6.07, 6.45) is 0. The quantitative estimate of drug-likeness (QED) is 0.765. The fourth-order valence-corrected chi connectivity index (χ4v) is 2.48. The zero-order valence-corrected chi connectivity index (χ0v) is 12.1. The minimum absolute atomic E-state index is 0.0955. The second-order valence-electron chi connectivity index (χ2n) is 5.20. The molecule has 0 radical (unpaired) electrons. The molecule has 0 aliphatic heterocycles. The molecule has 3 rings (SSSR count). The van der Waals surface area contributed by atoms with Crippen LogP contribution >= 0.6 is 0 Å². The zero-order valence-electron chi connectivity index (χ0n) is 12.1. The Morgan fingerprint density at radius 3 is 2.62 bits per heavy atom. The maximum absolute atomic E-state index is 5.94. The first-order chi connectivity index (χ1) is 10.3. The standard InChI is InChI=1S/C18H19N3/c1-13-7-8-14-11-15(9-10-17(14)20-13)18(12-19)21-16-5-3-2-4-6-16/h2-11,18,21H,12,19H2,1H3. The molecule has 3 aromatic rings. The number of hydrogen-bond acceptors (Lipinski definition) is 3. The van der Waals surface area contributed by atoms with Gasteiger partial charge in [-0.3, -0.25) is 4.98 Å². The van der Waals surface area contributed by atoms with Gasteiger partial charge < -0.3 is 11.1 Å². The van der Waals surface area contributed by atoms with Crippen molar-refractivity contribution in [3.05, 3.63) is 71.9 Å². The van der Waals surface area contributed by atoms with Crippen molar-refractivity contribution < 1.29 is 0 Å². The number of anilines is 1. The topological polar surface area (TPSA) is 50.9 Å². The third kappa shape index (κ3) is 3.03. The van der Waals surface area contributed by atoms with E-state index in [1.807, 2.05) is 31.2 Å². The highest BCUT2D eigenvalue weighted by molar-refractivity contribution is 5.79. The van der Waals surface area contributed by atoms with Crippen LogP contribution in [0, 0.1) is 6.92 Å². The highest BCUT2D eigenvalue weighted by atomic mass is 14.9. The van der Waals surface area contributed by atoms with Crippen molar-refractivity contribution in [1.82, 2.24) is 4.98 Å². The summed E-state index contributed by atoms with van der Waals surface area (Å²) in [5.74, 6) is 0. The van der Waals surface area contributed by atoms with E-state index in [-0.39, 0.29) is 6.04 Å². The molecule has 3 nitrogen and oxygen atoms in total. The summed E-state index contributed by atoms with van der Waals surface area (Å²) in [6, 6.07) is 20.7. The largest absolute Gasteiger partial charge is 0.377 e. The fraction of sp³-hybridized carbons (Fsp3) is 0.167. The molecule has 0 aliphatic carbocycles. The van der Waals surface area contributed by atoms with E-state index in [4.69, 9.17) is 5.73 Å². The molecule has 106 valence electrons. The van der Waals surface area contributed by atoms with Crippen molar-refractivity contribution in [2.24, 2.45) is 5.73 Å². The molecule has 0 aliphatic rings. The monoisotopic (exact) mass is 277 g/mol. The lowest BCUT2D eigenvalue weighted by Gasteiger charge is -2.19. The number of rotatable bonds is 4. The van der Waals surface area contributed by atoms with Gasteiger partial charge in [-0.2, -0.15) is 0 Å². The number of nitrogens with two attached hydrogens (primary N) is 1. The van der Waals surface area contributed by atoms with Gasteiger partial charge in [0.2, 0.25) is 0 Å². The average molecular weight is 277 g/mol. The third-order valence-electron chi connectivity index (χ3n) is 3.61. The van der Waals surface area contributed by atoms with Gasteiger partial charge in [0.1, 0.15) is 0 Å². The summed E-state index contributed by atoms with van der Waals surface area (Å²) in [6.45, 7) is 2.55. The first-order valence-corrected chi connectivity index (χ1v) is 7.15. The SMILES string of the molecule is Cc1ccc2cc(C(CN)Nc3ccccc3)ccc2n1. The Bertz CT molecular complexity index is 738. The van der Waals surface area contributed by atoms with E-state index in [1.165, 1.54) is 5.56 Å². The van der Waals surface area contributed by atoms with Gasteiger partial charge in [0.05, 0.1) is 11.6 Å². The molecule has 1 unspecified atom stereocenters. The van der Waals surface area contributed by atoms with Crippen molar-refractivity contribution in [3.63, 3.8) is 0 Å². The van der Waals surface area contributed by atoms with Crippen LogP contribution in [-0.2, 0) is 0 Å². The molecular formula is C18H19N3. The predicted octanol–water partition coefficient (Wildman–Crippen LogP) is 3.66. The number of nitrogens with one attached hydrogen (secondary N) is 1. The van der Waals surface area contributed by atoms with Crippen molar-refractivity contribution in [1.29, 1.82) is 0 Å². The molecule has 3 heteroatoms. The highest BCUT2D eigenvalue weighted by Gasteiger charge is 2.10. The number of aryl methyl sites for hydroxylation is 1. The van der Waals surface area contributed by atoms with Crippen LogP contribution in [0.15, 0.2) is 60.7 Å². The second kappa shape index (κ2) is 5.94. The van der Waals surface area contributed by atoms with Crippen LogP contribution in [0.5, 0.6) is 0 Å². The third-order valence-corrected chi connectivity index (χ3v) is 3.61. The summed E-state index contributed by atoms with van der Waals surface area (Å²) < 4.78 is 0. The van der Waals surface area contributed by atoms with Crippen molar-refractivity contribution in [2.45, 2.75) is 13.0 Å². The molecule has 1 aromatic heterocycles. The smallest absolute Gasteiger partial charge is 0.0705 e. The molecule has 0 saturated heterocycles. The first-order valence-electron chi connectivity index (χ1n) is 7.15. The highest BCUT2D eigenvalue weighted by Crippen LogP contribution is 2.22. The van der Waals surface area contributed by atoms with Gasteiger partial charge in [-0.25, -0.2) is 0 Å². The van der Waals surface area contributed by atoms with Gasteiger partial charge in [0.15, 0.2) is 0 Å². The number of benzene rings is 2. The Kier molecular flexibility index (Phi) is 3.84. The lowest BCUT2D eigenvalue weighted by Crippen LogP contribution is -2.20. The Labute approximate surface area is 124 Å². The Hall–Kier alpha value is -2.39. The predicted molar refractivity (Wildman–Crippen MR) is 88.3 cm³/mol. The van der Waals surface area contributed by atoms with Crippen LogP contribution in [0.25, 0.3) is 10.9 Å². The van der Waals surface area contributed by atoms with Crippen LogP contribution in [0.1, 0.15) is 17.3 Å². The Balaban J connectivity index is 1.91. The molecule has 0 saturated carbocycles. The normalized spacial score (nSPS) is 12.3. The van der Waals surface area contributed by atoms with Gasteiger partial charge in [-0.05, 0) is 42.8 Å². The van der Waals surface area contributed by atoms with E-state index < -0.39 is 0 Å². The summed E-state index contributed by atoms with van der Waals surface area (Å²) >= 11 is 0. The van der Waals surface area contributed by atoms with Crippen LogP contribution in [-0.4, -0.2) is 11.5 Å². The van der Waals surface area contributed by atoms with Crippen LogP contribution < -0.4 is 11.1 Å². The molecule has 0 fully saturated rings. The number of hydrogen-bond donors (Lipinski definition) is 2. The lowest BCUT2D eigenvalue weighted by molar-refractivity contribution is 0.791. The molecule has 2 aromatic carbocycles. The summed E-state index contributed by atoms with van der Waals surface area (Å²) in [5.41, 5.74) is 10.3. The molecule has 1 atom stereocenters. The fourth-order valence-electron chi connectivity index (χ4n) is 2.48. The van der Waals surface area contributed by atoms with Crippen molar-refractivity contribution >= 4 is 16.6 Å². The number of aromatic nitrogens is 1. The Morgan fingerprint density at radius 2 is 1.86 bits per heavy atom. The summed E-state index contributed by atoms with van der Waals surface area (Å²) in [4.78, 5) is 4.53. The number of fused-ring (bicyclic) bond motifs is 1. The summed E-state index contributed by atoms with van der Waals surface area (Å²) in [5, 5.41) is 4.62. The molecule has 0 bridgehead atoms. The van der Waals surface area contributed by atoms with Crippen LogP contribution in [0.3, 0.4) is 0 Å². The molecular weight excluding hydrogens is 258 g/mol. The van der Waals surface area contributed by atoms with Crippen molar-refractivity contribution in [2.75, 3.05) is 11.9 Å². The van der Waals surface area contributed by atoms with E-state index in [0.717, 1.165) is 22.3 Å². The lowest BCUT2D eigenvalue weighted by atomic mass is 10.0. The van der Waals surface area contributed by atoms with E-state index in [9.17, 15) is 0 Å². The zero-order chi connectivity index (χ0) is 14.7. The molecule has 0 amide bonds. The number of nitrogens with zero attached hydrogens (tertiary/aromatic N) is 1. The minimum Gasteiger partial charge on any atom is -0.377 e. The second-order valence-corrected chi connectivity index (χ2v) is 5.20. The maximum Gasteiger partial charge on any atom is 0.0705 e. The number of para-hydroxylation sites is 1. The van der Waals surface area contributed by atoms with E-state index in [2.05, 4.69) is 46.7 Å². The first kappa shape index (κ1) is 13.6. The Morgan fingerprint density at radius 1 is 1.05 bits per heavy atom. The minimum atomic E-state index is 0.0955. The van der Waals surface area contributed by atoms with Crippen LogP contribution in [0.4, 0.5) is 5.69 Å². The van der Waals surface area contributed by atoms with Gasteiger partial charge in [-0.1, -0.05) is 30.3 Å². The maximum atomic E-state index is 5.94. The van der Waals surface area contributed by atoms with E-state index >= 15 is 0 Å². The summed E-state index contributed by atoms with van der Waals surface area (Å²) in [7, 11) is 0. The molecule has 1 heterocycles. The van der Waals surface area contributed by atoms with Crippen LogP contribution in [0.2, 0.25) is 0 Å².